The lowest BCUT2D eigenvalue weighted by molar-refractivity contribution is 0.298. The second-order valence-electron chi connectivity index (χ2n) is 7.93. The van der Waals surface area contributed by atoms with Crippen LogP contribution in [-0.4, -0.2) is 38.3 Å². The zero-order chi connectivity index (χ0) is 21.6. The molecule has 5 rings (SSSR count). The van der Waals surface area contributed by atoms with E-state index >= 15 is 0 Å². The molecule has 0 unspecified atom stereocenters. The van der Waals surface area contributed by atoms with E-state index in [2.05, 4.69) is 54.4 Å². The quantitative estimate of drug-likeness (QED) is 0.329. The highest BCUT2D eigenvalue weighted by Crippen LogP contribution is 2.28. The molecule has 0 amide bonds. The maximum absolute atomic E-state index is 5.97. The lowest BCUT2D eigenvalue weighted by atomic mass is 10.2. The Balaban J connectivity index is 1.30. The summed E-state index contributed by atoms with van der Waals surface area (Å²) in [5.41, 5.74) is 4.93. The Morgan fingerprint density at radius 3 is 2.81 bits per heavy atom. The Hall–Kier alpha value is -3.92. The van der Waals surface area contributed by atoms with Crippen molar-refractivity contribution in [2.45, 2.75) is 25.7 Å². The standard InChI is InChI=1S/C25H24N6O/c1-4-22-24(26-13-1)30-23(25(31-22)32-14-2-3-20-16-28-29-17-20)12-9-18-7-10-21(11-8-18)27-15-19-5-6-19/h1,4,7-8,10-11,13,16-17,19,27H,2-3,5-6,14-15H2,(H,28,29). The van der Waals surface area contributed by atoms with E-state index < -0.39 is 0 Å². The van der Waals surface area contributed by atoms with E-state index in [1.807, 2.05) is 36.7 Å². The highest BCUT2D eigenvalue weighted by atomic mass is 16.5. The number of ether oxygens (including phenoxy) is 1. The molecule has 7 nitrogen and oxygen atoms in total. The molecule has 32 heavy (non-hydrogen) atoms. The van der Waals surface area contributed by atoms with E-state index in [0.29, 0.717) is 29.3 Å². The van der Waals surface area contributed by atoms with E-state index in [1.165, 1.54) is 12.8 Å². The molecular weight excluding hydrogens is 400 g/mol. The van der Waals surface area contributed by atoms with Crippen molar-refractivity contribution in [2.75, 3.05) is 18.5 Å². The van der Waals surface area contributed by atoms with Crippen LogP contribution in [0.1, 0.15) is 36.1 Å². The summed E-state index contributed by atoms with van der Waals surface area (Å²) in [5, 5.41) is 10.3. The zero-order valence-electron chi connectivity index (χ0n) is 17.7. The maximum Gasteiger partial charge on any atom is 0.249 e. The van der Waals surface area contributed by atoms with Crippen molar-refractivity contribution in [3.8, 4) is 17.7 Å². The van der Waals surface area contributed by atoms with Gasteiger partial charge < -0.3 is 10.1 Å². The van der Waals surface area contributed by atoms with Crippen LogP contribution in [0.5, 0.6) is 5.88 Å². The minimum Gasteiger partial charge on any atom is -0.476 e. The van der Waals surface area contributed by atoms with Crippen LogP contribution in [0.4, 0.5) is 5.69 Å². The van der Waals surface area contributed by atoms with Gasteiger partial charge in [0.05, 0.1) is 12.8 Å². The fraction of sp³-hybridized carbons (Fsp3) is 0.280. The largest absolute Gasteiger partial charge is 0.476 e. The van der Waals surface area contributed by atoms with E-state index in [0.717, 1.165) is 42.1 Å². The first kappa shape index (κ1) is 20.0. The van der Waals surface area contributed by atoms with Crippen molar-refractivity contribution in [1.29, 1.82) is 0 Å². The van der Waals surface area contributed by atoms with E-state index in [-0.39, 0.29) is 0 Å². The van der Waals surface area contributed by atoms with Crippen molar-refractivity contribution >= 4 is 16.9 Å². The van der Waals surface area contributed by atoms with Crippen LogP contribution in [0.25, 0.3) is 11.2 Å². The first-order valence-electron chi connectivity index (χ1n) is 10.9. The van der Waals surface area contributed by atoms with Gasteiger partial charge in [0.15, 0.2) is 11.3 Å². The molecule has 0 atom stereocenters. The van der Waals surface area contributed by atoms with Crippen LogP contribution in [0.3, 0.4) is 0 Å². The molecule has 3 heterocycles. The van der Waals surface area contributed by atoms with Crippen LogP contribution < -0.4 is 10.1 Å². The predicted octanol–water partition coefficient (Wildman–Crippen LogP) is 3.98. The van der Waals surface area contributed by atoms with Crippen molar-refractivity contribution in [3.05, 3.63) is 71.8 Å². The molecule has 7 heteroatoms. The van der Waals surface area contributed by atoms with E-state index in [1.54, 1.807) is 6.20 Å². The smallest absolute Gasteiger partial charge is 0.249 e. The van der Waals surface area contributed by atoms with E-state index in [9.17, 15) is 0 Å². The Labute approximate surface area is 186 Å². The molecule has 0 aliphatic heterocycles. The van der Waals surface area contributed by atoms with Gasteiger partial charge >= 0.3 is 0 Å². The molecule has 3 aromatic heterocycles. The summed E-state index contributed by atoms with van der Waals surface area (Å²) < 4.78 is 5.97. The summed E-state index contributed by atoms with van der Waals surface area (Å²) >= 11 is 0. The van der Waals surface area contributed by atoms with Crippen LogP contribution >= 0.6 is 0 Å². The minimum atomic E-state index is 0.438. The number of aromatic nitrogens is 5. The monoisotopic (exact) mass is 424 g/mol. The zero-order valence-corrected chi connectivity index (χ0v) is 17.7. The number of hydrogen-bond donors (Lipinski definition) is 2. The van der Waals surface area contributed by atoms with Gasteiger partial charge in [-0.05, 0) is 79.5 Å². The average molecular weight is 425 g/mol. The number of fused-ring (bicyclic) bond motifs is 1. The third kappa shape index (κ3) is 5.22. The maximum atomic E-state index is 5.97. The van der Waals surface area contributed by atoms with Gasteiger partial charge in [-0.2, -0.15) is 5.10 Å². The number of H-pyrrole nitrogens is 1. The van der Waals surface area contributed by atoms with Gasteiger partial charge in [0, 0.05) is 30.2 Å². The first-order valence-corrected chi connectivity index (χ1v) is 10.9. The van der Waals surface area contributed by atoms with Crippen molar-refractivity contribution in [1.82, 2.24) is 25.1 Å². The molecule has 1 saturated carbocycles. The molecule has 0 saturated heterocycles. The third-order valence-electron chi connectivity index (χ3n) is 5.31. The number of nitrogens with zero attached hydrogens (tertiary/aromatic N) is 4. The van der Waals surface area contributed by atoms with Crippen molar-refractivity contribution < 1.29 is 4.74 Å². The third-order valence-corrected chi connectivity index (χ3v) is 5.31. The number of benzene rings is 1. The van der Waals surface area contributed by atoms with Gasteiger partial charge in [-0.3, -0.25) is 5.10 Å². The molecular formula is C25H24N6O. The van der Waals surface area contributed by atoms with Gasteiger partial charge in [0.2, 0.25) is 5.88 Å². The van der Waals surface area contributed by atoms with E-state index in [4.69, 9.17) is 4.74 Å². The SMILES string of the molecule is C(#Cc1nc2ncccc2nc1OCCCc1cn[nH]c1)c1ccc(NCC2CC2)cc1. The Kier molecular flexibility index (Phi) is 5.93. The molecule has 1 aliphatic carbocycles. The van der Waals surface area contributed by atoms with Crippen molar-refractivity contribution in [2.24, 2.45) is 5.92 Å². The first-order chi connectivity index (χ1) is 15.8. The summed E-state index contributed by atoms with van der Waals surface area (Å²) in [6, 6.07) is 11.9. The second-order valence-corrected chi connectivity index (χ2v) is 7.93. The summed E-state index contributed by atoms with van der Waals surface area (Å²) in [7, 11) is 0. The summed E-state index contributed by atoms with van der Waals surface area (Å²) in [5.74, 6) is 7.59. The van der Waals surface area contributed by atoms with Crippen molar-refractivity contribution in [3.63, 3.8) is 0 Å². The highest BCUT2D eigenvalue weighted by molar-refractivity contribution is 5.71. The number of pyridine rings is 1. The van der Waals surface area contributed by atoms with Gasteiger partial charge in [-0.15, -0.1) is 0 Å². The average Bonchev–Trinajstić information content (AvgIpc) is 3.52. The lowest BCUT2D eigenvalue weighted by Gasteiger charge is -2.07. The Bertz CT molecular complexity index is 1240. The molecule has 2 N–H and O–H groups in total. The van der Waals surface area contributed by atoms with Gasteiger partial charge in [-0.25, -0.2) is 15.0 Å². The summed E-state index contributed by atoms with van der Waals surface area (Å²) in [4.78, 5) is 13.5. The van der Waals surface area contributed by atoms with Crippen LogP contribution in [0.2, 0.25) is 0 Å². The number of hydrogen-bond acceptors (Lipinski definition) is 6. The van der Waals surface area contributed by atoms with Gasteiger partial charge in [0.1, 0.15) is 5.52 Å². The predicted molar refractivity (Wildman–Crippen MR) is 123 cm³/mol. The Morgan fingerprint density at radius 1 is 1.09 bits per heavy atom. The molecule has 1 fully saturated rings. The topological polar surface area (TPSA) is 88.6 Å². The molecule has 0 spiro atoms. The van der Waals surface area contributed by atoms with Gasteiger partial charge in [0.25, 0.3) is 0 Å². The van der Waals surface area contributed by atoms with Crippen LogP contribution in [0.15, 0.2) is 55.0 Å². The number of rotatable bonds is 8. The molecule has 1 aliphatic rings. The number of anilines is 1. The lowest BCUT2D eigenvalue weighted by Crippen LogP contribution is -2.04. The van der Waals surface area contributed by atoms with Crippen LogP contribution in [-0.2, 0) is 6.42 Å². The molecule has 1 aromatic carbocycles. The molecule has 0 radical (unpaired) electrons. The number of nitrogens with one attached hydrogen (secondary N) is 2. The summed E-state index contributed by atoms with van der Waals surface area (Å²) in [6.07, 6.45) is 9.82. The highest BCUT2D eigenvalue weighted by Gasteiger charge is 2.20. The fourth-order valence-corrected chi connectivity index (χ4v) is 3.31. The summed E-state index contributed by atoms with van der Waals surface area (Å²) in [6.45, 7) is 1.56. The number of aryl methyl sites for hydroxylation is 1. The minimum absolute atomic E-state index is 0.438. The fourth-order valence-electron chi connectivity index (χ4n) is 3.31. The molecule has 160 valence electrons. The number of aromatic amines is 1. The van der Waals surface area contributed by atoms with Crippen LogP contribution in [0, 0.1) is 17.8 Å². The molecule has 4 aromatic rings. The molecule has 0 bridgehead atoms. The second kappa shape index (κ2) is 9.48. The van der Waals surface area contributed by atoms with Gasteiger partial charge in [-0.1, -0.05) is 5.92 Å². The normalized spacial score (nSPS) is 12.9. The Morgan fingerprint density at radius 2 is 2.00 bits per heavy atom.